The number of aliphatic hydroxyl groups excluding tert-OH is 8. The maximum atomic E-state index is 13.3. The van der Waals surface area contributed by atoms with Gasteiger partial charge in [0.2, 0.25) is 5.91 Å². The molecule has 9 N–H and O–H groups in total. The number of nitrogens with one attached hydrogen (secondary N) is 1. The molecule has 2 heterocycles. The molecule has 1 amide bonds. The highest BCUT2D eigenvalue weighted by atomic mass is 16.7. The van der Waals surface area contributed by atoms with Crippen molar-refractivity contribution in [2.45, 2.75) is 344 Å². The molecule has 0 aromatic heterocycles. The van der Waals surface area contributed by atoms with Gasteiger partial charge in [0.1, 0.15) is 48.8 Å². The summed E-state index contributed by atoms with van der Waals surface area (Å²) in [5.74, 6) is -0.252. The number of hydrogen-bond donors (Lipinski definition) is 9. The molecular formula is C72H127NO13. The van der Waals surface area contributed by atoms with Crippen LogP contribution in [0.3, 0.4) is 0 Å². The van der Waals surface area contributed by atoms with Gasteiger partial charge in [-0.15, -0.1) is 0 Å². The molecule has 0 radical (unpaired) electrons. The number of allylic oxidation sites excluding steroid dienone is 13. The number of hydrogen-bond acceptors (Lipinski definition) is 13. The van der Waals surface area contributed by atoms with E-state index in [1.165, 1.54) is 167 Å². The quantitative estimate of drug-likeness (QED) is 0.0204. The van der Waals surface area contributed by atoms with Crippen LogP contribution in [-0.2, 0) is 23.7 Å². The summed E-state index contributed by atoms with van der Waals surface area (Å²) in [5.41, 5.74) is 0. The number of aliphatic hydroxyl groups is 8. The highest BCUT2D eigenvalue weighted by Crippen LogP contribution is 2.30. The van der Waals surface area contributed by atoms with E-state index in [0.29, 0.717) is 12.8 Å². The first-order valence-corrected chi connectivity index (χ1v) is 34.8. The summed E-state index contributed by atoms with van der Waals surface area (Å²) >= 11 is 0. The van der Waals surface area contributed by atoms with E-state index in [2.05, 4.69) is 92.1 Å². The SMILES string of the molecule is CC/C=C\C/C=C\C/C=C\C/C=C\CCCCCCCCCCCCCCCCCCCCC(=O)NC(COC1OC(CO)C(OC2OC(CO)C(O)C(O)C2O)C(O)C1O)C(O)/C=C/CC/C=C/CC/C=C/CCCCCCCCCCCCC. The molecule has 12 atom stereocenters. The molecule has 2 aliphatic rings. The van der Waals surface area contributed by atoms with Crippen LogP contribution in [0.15, 0.2) is 85.1 Å². The Morgan fingerprint density at radius 1 is 0.430 bits per heavy atom. The van der Waals surface area contributed by atoms with Crippen molar-refractivity contribution in [2.24, 2.45) is 0 Å². The van der Waals surface area contributed by atoms with Crippen molar-refractivity contribution in [1.29, 1.82) is 0 Å². The van der Waals surface area contributed by atoms with Gasteiger partial charge < -0.3 is 65.1 Å². The van der Waals surface area contributed by atoms with Gasteiger partial charge in [0.05, 0.1) is 32.0 Å². The Morgan fingerprint density at radius 2 is 0.814 bits per heavy atom. The largest absolute Gasteiger partial charge is 0.394 e. The first-order valence-electron chi connectivity index (χ1n) is 34.8. The predicted octanol–water partition coefficient (Wildman–Crippen LogP) is 14.0. The molecule has 0 aliphatic carbocycles. The van der Waals surface area contributed by atoms with Crippen LogP contribution in [0.4, 0.5) is 0 Å². The van der Waals surface area contributed by atoms with Gasteiger partial charge in [0.15, 0.2) is 12.6 Å². The smallest absolute Gasteiger partial charge is 0.220 e. The average molecular weight is 1210 g/mol. The molecule has 12 unspecified atom stereocenters. The number of unbranched alkanes of at least 4 members (excludes halogenated alkanes) is 31. The Balaban J connectivity index is 1.68. The van der Waals surface area contributed by atoms with E-state index in [1.54, 1.807) is 6.08 Å². The number of ether oxygens (including phenoxy) is 4. The Morgan fingerprint density at radius 3 is 1.28 bits per heavy atom. The van der Waals surface area contributed by atoms with E-state index in [0.717, 1.165) is 70.6 Å². The molecule has 0 saturated carbocycles. The van der Waals surface area contributed by atoms with Crippen molar-refractivity contribution in [3.05, 3.63) is 85.1 Å². The average Bonchev–Trinajstić information content (AvgIpc) is 2.54. The van der Waals surface area contributed by atoms with Crippen LogP contribution < -0.4 is 5.32 Å². The fraction of sp³-hybridized carbons (Fsp3) is 0.792. The van der Waals surface area contributed by atoms with Crippen molar-refractivity contribution >= 4 is 5.91 Å². The van der Waals surface area contributed by atoms with E-state index in [9.17, 15) is 45.6 Å². The maximum Gasteiger partial charge on any atom is 0.220 e. The molecule has 0 bridgehead atoms. The van der Waals surface area contributed by atoms with Crippen LogP contribution in [-0.4, -0.2) is 140 Å². The van der Waals surface area contributed by atoms with E-state index in [1.807, 2.05) is 6.08 Å². The van der Waals surface area contributed by atoms with Gasteiger partial charge in [0.25, 0.3) is 0 Å². The summed E-state index contributed by atoms with van der Waals surface area (Å²) in [6.07, 6.45) is 60.7. The molecule has 86 heavy (non-hydrogen) atoms. The number of carbonyl (C=O) groups excluding carboxylic acids is 1. The third-order valence-corrected chi connectivity index (χ3v) is 16.5. The third kappa shape index (κ3) is 40.0. The summed E-state index contributed by atoms with van der Waals surface area (Å²) in [7, 11) is 0. The summed E-state index contributed by atoms with van der Waals surface area (Å²) < 4.78 is 22.8. The van der Waals surface area contributed by atoms with Gasteiger partial charge in [-0.2, -0.15) is 0 Å². The summed E-state index contributed by atoms with van der Waals surface area (Å²) in [5, 5.41) is 87.4. The molecule has 2 rings (SSSR count). The molecular weight excluding hydrogens is 1090 g/mol. The normalized spacial score (nSPS) is 23.9. The van der Waals surface area contributed by atoms with Gasteiger partial charge >= 0.3 is 0 Å². The number of carbonyl (C=O) groups is 1. The van der Waals surface area contributed by atoms with E-state index < -0.39 is 86.8 Å². The standard InChI is InChI=1S/C72H127NO13/c1-3-5-7-9-11-13-15-17-19-21-23-25-26-27-28-29-30-31-32-33-34-36-38-40-42-44-46-48-50-52-54-56-64(77)73-60(61(76)55-53-51-49-47-45-43-41-39-37-35-24-22-20-18-16-14-12-10-8-6-4-2)59-83-71-69(82)67(80)70(63(58-75)85-71)86-72-68(81)66(79)65(78)62(57-74)84-72/h5,7,11,13,17,19,23,25,37,39,45,47,53,55,60-63,65-72,74-76,78-82H,3-4,6,8-10,12,14-16,18,20-22,24,26-36,38,40-44,46,48-52,54,56-59H2,1-2H3,(H,73,77)/b7-5-,13-11-,19-17-,25-23-,39-37+,47-45+,55-53+. The highest BCUT2D eigenvalue weighted by Gasteiger charge is 2.51. The second-order valence-electron chi connectivity index (χ2n) is 24.3. The minimum absolute atomic E-state index is 0.252. The minimum Gasteiger partial charge on any atom is -0.394 e. The van der Waals surface area contributed by atoms with Crippen molar-refractivity contribution in [3.8, 4) is 0 Å². The summed E-state index contributed by atoms with van der Waals surface area (Å²) in [4.78, 5) is 13.3. The van der Waals surface area contributed by atoms with Crippen molar-refractivity contribution < 1.29 is 64.6 Å². The first-order chi connectivity index (χ1) is 42.1. The highest BCUT2D eigenvalue weighted by molar-refractivity contribution is 5.76. The number of rotatable bonds is 56. The van der Waals surface area contributed by atoms with Crippen LogP contribution in [0.25, 0.3) is 0 Å². The zero-order valence-corrected chi connectivity index (χ0v) is 54.0. The van der Waals surface area contributed by atoms with Crippen molar-refractivity contribution in [3.63, 3.8) is 0 Å². The van der Waals surface area contributed by atoms with Gasteiger partial charge in [-0.3, -0.25) is 4.79 Å². The second kappa shape index (κ2) is 56.2. The van der Waals surface area contributed by atoms with E-state index in [-0.39, 0.29) is 18.9 Å². The molecule has 0 aromatic carbocycles. The molecule has 2 saturated heterocycles. The van der Waals surface area contributed by atoms with E-state index in [4.69, 9.17) is 18.9 Å². The Labute approximate surface area is 522 Å². The van der Waals surface area contributed by atoms with Crippen LogP contribution in [0.5, 0.6) is 0 Å². The van der Waals surface area contributed by atoms with Crippen molar-refractivity contribution in [2.75, 3.05) is 19.8 Å². The molecule has 14 heteroatoms. The molecule has 498 valence electrons. The van der Waals surface area contributed by atoms with Crippen LogP contribution >= 0.6 is 0 Å². The lowest BCUT2D eigenvalue weighted by Crippen LogP contribution is -2.65. The summed E-state index contributed by atoms with van der Waals surface area (Å²) in [6.45, 7) is 2.68. The van der Waals surface area contributed by atoms with Gasteiger partial charge in [-0.25, -0.2) is 0 Å². The zero-order chi connectivity index (χ0) is 62.3. The van der Waals surface area contributed by atoms with Gasteiger partial charge in [0, 0.05) is 6.42 Å². The monoisotopic (exact) mass is 1210 g/mol. The van der Waals surface area contributed by atoms with Crippen LogP contribution in [0, 0.1) is 0 Å². The lowest BCUT2D eigenvalue weighted by molar-refractivity contribution is -0.359. The first kappa shape index (κ1) is 79.3. The lowest BCUT2D eigenvalue weighted by Gasteiger charge is -2.46. The fourth-order valence-electron chi connectivity index (χ4n) is 11.0. The minimum atomic E-state index is -1.80. The molecule has 2 aliphatic heterocycles. The maximum absolute atomic E-state index is 13.3. The Kier molecular flexibility index (Phi) is 51.8. The molecule has 2 fully saturated rings. The Hall–Kier alpha value is -2.83. The summed E-state index contributed by atoms with van der Waals surface area (Å²) in [6, 6.07) is -0.942. The molecule has 14 nitrogen and oxygen atoms in total. The second-order valence-corrected chi connectivity index (χ2v) is 24.3. The molecule has 0 aromatic rings. The molecule has 0 spiro atoms. The lowest BCUT2D eigenvalue weighted by atomic mass is 9.97. The van der Waals surface area contributed by atoms with Crippen LogP contribution in [0.1, 0.15) is 271 Å². The van der Waals surface area contributed by atoms with E-state index >= 15 is 0 Å². The fourth-order valence-corrected chi connectivity index (χ4v) is 11.0. The Bertz CT molecular complexity index is 1770. The third-order valence-electron chi connectivity index (χ3n) is 16.5. The van der Waals surface area contributed by atoms with Gasteiger partial charge in [-0.1, -0.05) is 266 Å². The van der Waals surface area contributed by atoms with Crippen LogP contribution in [0.2, 0.25) is 0 Å². The van der Waals surface area contributed by atoms with Gasteiger partial charge in [-0.05, 0) is 83.5 Å². The number of amides is 1. The zero-order valence-electron chi connectivity index (χ0n) is 54.0. The topological polar surface area (TPSA) is 228 Å². The van der Waals surface area contributed by atoms with Crippen molar-refractivity contribution in [1.82, 2.24) is 5.32 Å². The predicted molar refractivity (Wildman–Crippen MR) is 350 cm³/mol.